The maximum absolute atomic E-state index is 12.9. The monoisotopic (exact) mass is 433 g/mol. The van der Waals surface area contributed by atoms with Crippen LogP contribution in [-0.4, -0.2) is 60.1 Å². The number of amides is 2. The lowest BCUT2D eigenvalue weighted by molar-refractivity contribution is -0.148. The highest BCUT2D eigenvalue weighted by Crippen LogP contribution is 2.35. The fourth-order valence-corrected chi connectivity index (χ4v) is 3.17. The Balaban J connectivity index is 2.88. The molecule has 6 heteroatoms. The normalized spacial score (nSPS) is 12.5. The van der Waals surface area contributed by atoms with E-state index in [4.69, 9.17) is 4.74 Å². The molecule has 0 N–H and O–H groups in total. The van der Waals surface area contributed by atoms with Gasteiger partial charge in [0.15, 0.2) is 0 Å². The van der Waals surface area contributed by atoms with Crippen LogP contribution in [-0.2, 0) is 16.1 Å². The molecular weight excluding hydrogens is 390 g/mol. The Morgan fingerprint density at radius 3 is 1.71 bits per heavy atom. The number of carbonyl (C=O) groups is 2. The summed E-state index contributed by atoms with van der Waals surface area (Å²) in [6, 6.07) is 8.44. The highest BCUT2D eigenvalue weighted by molar-refractivity contribution is 5.82. The molecule has 2 amide bonds. The highest BCUT2D eigenvalue weighted by atomic mass is 16.6. The molecule has 0 radical (unpaired) electrons. The van der Waals surface area contributed by atoms with Crippen LogP contribution in [0.4, 0.5) is 10.5 Å². The van der Waals surface area contributed by atoms with Crippen molar-refractivity contribution in [3.05, 3.63) is 29.8 Å². The fourth-order valence-electron chi connectivity index (χ4n) is 3.17. The minimum atomic E-state index is -0.663. The third-order valence-corrected chi connectivity index (χ3v) is 6.87. The van der Waals surface area contributed by atoms with Gasteiger partial charge in [-0.1, -0.05) is 32.9 Å². The van der Waals surface area contributed by atoms with Crippen LogP contribution in [0.3, 0.4) is 0 Å². The summed E-state index contributed by atoms with van der Waals surface area (Å²) < 4.78 is 5.60. The Kier molecular flexibility index (Phi) is 8.21. The van der Waals surface area contributed by atoms with Crippen LogP contribution in [0.15, 0.2) is 24.3 Å². The number of ether oxygens (including phenoxy) is 1. The molecule has 0 unspecified atom stereocenters. The molecule has 0 fully saturated rings. The van der Waals surface area contributed by atoms with Crippen molar-refractivity contribution < 1.29 is 14.3 Å². The Labute approximate surface area is 189 Å². The number of likely N-dealkylation sites (N-methyl/N-ethyl adjacent to an activating group) is 2. The topological polar surface area (TPSA) is 53.1 Å². The molecule has 1 aromatic carbocycles. The first-order chi connectivity index (χ1) is 13.9. The molecule has 1 rings (SSSR count). The van der Waals surface area contributed by atoms with Crippen molar-refractivity contribution in [1.82, 2.24) is 9.80 Å². The summed E-state index contributed by atoms with van der Waals surface area (Å²) >= 11 is 0. The molecule has 6 nitrogen and oxygen atoms in total. The molecule has 176 valence electrons. The van der Waals surface area contributed by atoms with E-state index in [0.29, 0.717) is 6.04 Å². The summed E-state index contributed by atoms with van der Waals surface area (Å²) in [5.74, 6) is 0.0267. The molecule has 0 saturated heterocycles. The molecule has 0 atom stereocenters. The van der Waals surface area contributed by atoms with E-state index in [-0.39, 0.29) is 12.5 Å². The zero-order chi connectivity index (χ0) is 24.4. The lowest BCUT2D eigenvalue weighted by Crippen LogP contribution is -2.66. The molecule has 0 saturated carbocycles. The molecular formula is C25H43N3O3. The smallest absolute Gasteiger partial charge is 0.410 e. The number of anilines is 1. The van der Waals surface area contributed by atoms with E-state index < -0.39 is 22.6 Å². The van der Waals surface area contributed by atoms with Gasteiger partial charge in [-0.25, -0.2) is 4.79 Å². The number of nitrogens with zero attached hydrogens (tertiary/aromatic N) is 3. The van der Waals surface area contributed by atoms with Crippen molar-refractivity contribution in [2.75, 3.05) is 26.0 Å². The molecule has 0 spiro atoms. The molecule has 1 aromatic rings. The van der Waals surface area contributed by atoms with Crippen LogP contribution in [0.2, 0.25) is 0 Å². The van der Waals surface area contributed by atoms with Crippen molar-refractivity contribution >= 4 is 17.7 Å². The Hall–Kier alpha value is -2.24. The zero-order valence-electron chi connectivity index (χ0n) is 21.7. The summed E-state index contributed by atoms with van der Waals surface area (Å²) in [5.41, 5.74) is 0.269. The molecule has 0 aliphatic rings. The van der Waals surface area contributed by atoms with Crippen molar-refractivity contribution in [3.8, 4) is 0 Å². The van der Waals surface area contributed by atoms with Crippen molar-refractivity contribution in [2.45, 2.75) is 86.0 Å². The number of benzene rings is 1. The number of hydrogen-bond acceptors (Lipinski definition) is 4. The van der Waals surface area contributed by atoms with Gasteiger partial charge in [0.2, 0.25) is 5.91 Å². The third-order valence-electron chi connectivity index (χ3n) is 6.87. The van der Waals surface area contributed by atoms with E-state index in [9.17, 15) is 9.59 Å². The summed E-state index contributed by atoms with van der Waals surface area (Å²) in [7, 11) is 5.57. The van der Waals surface area contributed by atoms with E-state index >= 15 is 0 Å². The third kappa shape index (κ3) is 5.92. The van der Waals surface area contributed by atoms with E-state index in [2.05, 4.69) is 25.8 Å². The molecule has 31 heavy (non-hydrogen) atoms. The number of carbonyl (C=O) groups excluding carboxylic acids is 2. The first-order valence-electron chi connectivity index (χ1n) is 10.9. The van der Waals surface area contributed by atoms with Crippen LogP contribution in [0.1, 0.15) is 67.9 Å². The van der Waals surface area contributed by atoms with Crippen LogP contribution in [0.25, 0.3) is 0 Å². The van der Waals surface area contributed by atoms with Crippen molar-refractivity contribution in [2.24, 2.45) is 5.41 Å². The fraction of sp³-hybridized carbons (Fsp3) is 0.680. The SMILES string of the molecule is CC(C)N(C)c1ccc(COC(=O)N(C)C(C)(C)C(C)(C)N(C)C(=O)C(C)(C)C)cc1. The summed E-state index contributed by atoms with van der Waals surface area (Å²) in [4.78, 5) is 31.2. The van der Waals surface area contributed by atoms with Gasteiger partial charge in [-0.3, -0.25) is 4.79 Å². The van der Waals surface area contributed by atoms with Gasteiger partial charge >= 0.3 is 6.09 Å². The lowest BCUT2D eigenvalue weighted by Gasteiger charge is -2.52. The van der Waals surface area contributed by atoms with E-state index in [0.717, 1.165) is 11.3 Å². The summed E-state index contributed by atoms with van der Waals surface area (Å²) in [6.07, 6.45) is -0.418. The highest BCUT2D eigenvalue weighted by Gasteiger charge is 2.48. The van der Waals surface area contributed by atoms with Gasteiger partial charge < -0.3 is 19.4 Å². The van der Waals surface area contributed by atoms with Gasteiger partial charge in [-0.15, -0.1) is 0 Å². The molecule has 0 heterocycles. The van der Waals surface area contributed by atoms with E-state index in [1.807, 2.05) is 72.7 Å². The summed E-state index contributed by atoms with van der Waals surface area (Å²) in [5, 5.41) is 0. The average molecular weight is 434 g/mol. The predicted octanol–water partition coefficient (Wildman–Crippen LogP) is 5.16. The maximum atomic E-state index is 12.9. The molecule has 0 aliphatic carbocycles. The minimum absolute atomic E-state index is 0.0267. The maximum Gasteiger partial charge on any atom is 0.410 e. The summed E-state index contributed by atoms with van der Waals surface area (Å²) in [6.45, 7) is 18.0. The van der Waals surface area contributed by atoms with Gasteiger partial charge in [0.05, 0.1) is 11.1 Å². The first-order valence-corrected chi connectivity index (χ1v) is 10.9. The van der Waals surface area contributed by atoms with Gasteiger partial charge in [-0.2, -0.15) is 0 Å². The quantitative estimate of drug-likeness (QED) is 0.596. The molecule has 0 aliphatic heterocycles. The van der Waals surface area contributed by atoms with Gasteiger partial charge in [0.25, 0.3) is 0 Å². The first kappa shape index (κ1) is 26.8. The predicted molar refractivity (Wildman–Crippen MR) is 128 cm³/mol. The Morgan fingerprint density at radius 2 is 1.29 bits per heavy atom. The van der Waals surface area contributed by atoms with E-state index in [1.54, 1.807) is 23.9 Å². The number of hydrogen-bond donors (Lipinski definition) is 0. The second-order valence-electron chi connectivity index (χ2n) is 10.7. The Morgan fingerprint density at radius 1 is 0.839 bits per heavy atom. The average Bonchev–Trinajstić information content (AvgIpc) is 2.68. The van der Waals surface area contributed by atoms with Crippen molar-refractivity contribution in [3.63, 3.8) is 0 Å². The largest absolute Gasteiger partial charge is 0.445 e. The van der Waals surface area contributed by atoms with Crippen LogP contribution < -0.4 is 4.90 Å². The standard InChI is InChI=1S/C25H43N3O3/c1-18(2)26(10)20-15-13-19(14-16-20)17-31-22(30)28(12)25(8,9)24(6,7)27(11)21(29)23(3,4)5/h13-16,18H,17H2,1-12H3. The van der Waals surface area contributed by atoms with Crippen LogP contribution >= 0.6 is 0 Å². The zero-order valence-corrected chi connectivity index (χ0v) is 21.7. The minimum Gasteiger partial charge on any atom is -0.445 e. The van der Waals surface area contributed by atoms with Crippen LogP contribution in [0.5, 0.6) is 0 Å². The molecule has 0 aromatic heterocycles. The second kappa shape index (κ2) is 9.49. The van der Waals surface area contributed by atoms with Gasteiger partial charge in [0, 0.05) is 38.3 Å². The second-order valence-corrected chi connectivity index (χ2v) is 10.7. The van der Waals surface area contributed by atoms with E-state index in [1.165, 1.54) is 0 Å². The molecule has 0 bridgehead atoms. The van der Waals surface area contributed by atoms with Crippen molar-refractivity contribution in [1.29, 1.82) is 0 Å². The van der Waals surface area contributed by atoms with Gasteiger partial charge in [0.1, 0.15) is 6.61 Å². The van der Waals surface area contributed by atoms with Gasteiger partial charge in [-0.05, 0) is 59.2 Å². The lowest BCUT2D eigenvalue weighted by atomic mass is 9.78. The van der Waals surface area contributed by atoms with Crippen LogP contribution in [0, 0.1) is 5.41 Å². The Bertz CT molecular complexity index is 761. The number of rotatable bonds is 7.